The number of likely N-dealkylation sites (N-methyl/N-ethyl adjacent to an activating group) is 1. The van der Waals surface area contributed by atoms with Gasteiger partial charge in [-0.05, 0) is 43.6 Å². The highest BCUT2D eigenvalue weighted by Gasteiger charge is 2.20. The lowest BCUT2D eigenvalue weighted by Crippen LogP contribution is -2.39. The van der Waals surface area contributed by atoms with Gasteiger partial charge in [0.1, 0.15) is 0 Å². The normalized spacial score (nSPS) is 13.0. The fourth-order valence-electron chi connectivity index (χ4n) is 3.27. The Morgan fingerprint density at radius 3 is 2.57 bits per heavy atom. The quantitative estimate of drug-likeness (QED) is 0.471. The van der Waals surface area contributed by atoms with Crippen LogP contribution in [0.1, 0.15) is 37.9 Å². The Labute approximate surface area is 174 Å². The Morgan fingerprint density at radius 2 is 1.96 bits per heavy atom. The van der Waals surface area contributed by atoms with Crippen LogP contribution in [0.2, 0.25) is 5.02 Å². The average Bonchev–Trinajstić information content (AvgIpc) is 3.11. The summed E-state index contributed by atoms with van der Waals surface area (Å²) < 4.78 is 1.83. The summed E-state index contributed by atoms with van der Waals surface area (Å²) in [5.41, 5.74) is 2.34. The van der Waals surface area contributed by atoms with Crippen molar-refractivity contribution in [3.63, 3.8) is 0 Å². The van der Waals surface area contributed by atoms with Gasteiger partial charge < -0.3 is 10.6 Å². The Kier molecular flexibility index (Phi) is 9.31. The van der Waals surface area contributed by atoms with Gasteiger partial charge in [0.2, 0.25) is 0 Å². The van der Waals surface area contributed by atoms with E-state index in [0.29, 0.717) is 6.54 Å². The molecular formula is C21H33ClN6. The van der Waals surface area contributed by atoms with Crippen molar-refractivity contribution in [3.05, 3.63) is 52.8 Å². The number of aryl methyl sites for hydroxylation is 1. The monoisotopic (exact) mass is 404 g/mol. The minimum Gasteiger partial charge on any atom is -0.357 e. The molecule has 0 aliphatic carbocycles. The molecule has 1 heterocycles. The zero-order valence-corrected chi connectivity index (χ0v) is 18.2. The molecule has 0 fully saturated rings. The molecule has 1 aromatic carbocycles. The van der Waals surface area contributed by atoms with Crippen molar-refractivity contribution >= 4 is 17.6 Å². The highest BCUT2D eigenvalue weighted by molar-refractivity contribution is 6.31. The summed E-state index contributed by atoms with van der Waals surface area (Å²) in [5, 5.41) is 11.8. The van der Waals surface area contributed by atoms with Gasteiger partial charge in [0, 0.05) is 31.4 Å². The molecule has 0 saturated carbocycles. The average molecular weight is 405 g/mol. The third kappa shape index (κ3) is 6.53. The maximum absolute atomic E-state index is 6.49. The largest absolute Gasteiger partial charge is 0.357 e. The highest BCUT2D eigenvalue weighted by Crippen LogP contribution is 2.27. The minimum atomic E-state index is 0.150. The number of aliphatic imine (C=N–C) groups is 1. The van der Waals surface area contributed by atoms with Gasteiger partial charge in [0.25, 0.3) is 0 Å². The van der Waals surface area contributed by atoms with Crippen LogP contribution in [-0.2, 0) is 13.5 Å². The lowest BCUT2D eigenvalue weighted by atomic mass is 10.1. The molecule has 0 saturated heterocycles. The lowest BCUT2D eigenvalue weighted by Gasteiger charge is -2.29. The Balaban J connectivity index is 2.08. The summed E-state index contributed by atoms with van der Waals surface area (Å²) >= 11 is 6.49. The van der Waals surface area contributed by atoms with Crippen molar-refractivity contribution in [1.29, 1.82) is 0 Å². The van der Waals surface area contributed by atoms with Crippen LogP contribution < -0.4 is 10.6 Å². The van der Waals surface area contributed by atoms with E-state index in [0.717, 1.165) is 49.1 Å². The molecule has 1 unspecified atom stereocenters. The van der Waals surface area contributed by atoms with Crippen molar-refractivity contribution < 1.29 is 0 Å². The number of guanidine groups is 1. The molecule has 0 bridgehead atoms. The standard InChI is InChI=1S/C21H33ClN6/c1-5-23-21(24-13-12-17-14-26-27(4)16-17)25-15-20(28(6-2)7-3)18-10-8-9-11-19(18)22/h8-11,14,16,20H,5-7,12-13,15H2,1-4H3,(H2,23,24,25). The first kappa shape index (κ1) is 22.2. The van der Waals surface area contributed by atoms with Gasteiger partial charge in [0.05, 0.1) is 18.8 Å². The van der Waals surface area contributed by atoms with Crippen LogP contribution in [0.5, 0.6) is 0 Å². The maximum atomic E-state index is 6.49. The zero-order chi connectivity index (χ0) is 20.4. The molecule has 2 rings (SSSR count). The number of nitrogens with zero attached hydrogens (tertiary/aromatic N) is 4. The second kappa shape index (κ2) is 11.7. The summed E-state index contributed by atoms with van der Waals surface area (Å²) in [4.78, 5) is 7.25. The van der Waals surface area contributed by atoms with Crippen molar-refractivity contribution in [1.82, 2.24) is 25.3 Å². The van der Waals surface area contributed by atoms with Gasteiger partial charge in [-0.1, -0.05) is 43.6 Å². The first-order valence-corrected chi connectivity index (χ1v) is 10.4. The van der Waals surface area contributed by atoms with E-state index in [9.17, 15) is 0 Å². The molecule has 28 heavy (non-hydrogen) atoms. The van der Waals surface area contributed by atoms with Gasteiger partial charge in [-0.25, -0.2) is 0 Å². The van der Waals surface area contributed by atoms with E-state index >= 15 is 0 Å². The van der Waals surface area contributed by atoms with Gasteiger partial charge >= 0.3 is 0 Å². The minimum absolute atomic E-state index is 0.150. The third-order valence-electron chi connectivity index (χ3n) is 4.75. The maximum Gasteiger partial charge on any atom is 0.191 e. The number of halogens is 1. The summed E-state index contributed by atoms with van der Waals surface area (Å²) in [7, 11) is 1.94. The van der Waals surface area contributed by atoms with Gasteiger partial charge in [-0.2, -0.15) is 5.10 Å². The number of hydrogen-bond donors (Lipinski definition) is 2. The van der Waals surface area contributed by atoms with E-state index in [1.165, 1.54) is 5.56 Å². The number of nitrogens with one attached hydrogen (secondary N) is 2. The van der Waals surface area contributed by atoms with Gasteiger partial charge in [-0.3, -0.25) is 14.6 Å². The predicted octanol–water partition coefficient (Wildman–Crippen LogP) is 3.25. The van der Waals surface area contributed by atoms with E-state index in [2.05, 4.69) is 47.5 Å². The molecular weight excluding hydrogens is 372 g/mol. The topological polar surface area (TPSA) is 57.5 Å². The second-order valence-corrected chi connectivity index (χ2v) is 7.08. The molecule has 7 heteroatoms. The van der Waals surface area contributed by atoms with Gasteiger partial charge in [-0.15, -0.1) is 0 Å². The molecule has 154 valence electrons. The first-order chi connectivity index (χ1) is 13.6. The smallest absolute Gasteiger partial charge is 0.191 e. The third-order valence-corrected chi connectivity index (χ3v) is 5.09. The molecule has 0 amide bonds. The number of hydrogen-bond acceptors (Lipinski definition) is 3. The summed E-state index contributed by atoms with van der Waals surface area (Å²) in [6, 6.07) is 8.22. The fraction of sp³-hybridized carbons (Fsp3) is 0.524. The lowest BCUT2D eigenvalue weighted by molar-refractivity contribution is 0.224. The van der Waals surface area contributed by atoms with Crippen LogP contribution in [0, 0.1) is 0 Å². The Morgan fingerprint density at radius 1 is 1.21 bits per heavy atom. The Hall–Kier alpha value is -2.05. The van der Waals surface area contributed by atoms with Crippen LogP contribution >= 0.6 is 11.6 Å². The first-order valence-electron chi connectivity index (χ1n) is 10.1. The number of rotatable bonds is 10. The molecule has 0 aliphatic rings. The van der Waals surface area contributed by atoms with E-state index in [1.807, 2.05) is 42.3 Å². The zero-order valence-electron chi connectivity index (χ0n) is 17.5. The molecule has 6 nitrogen and oxygen atoms in total. The van der Waals surface area contributed by atoms with Crippen LogP contribution in [0.3, 0.4) is 0 Å². The van der Waals surface area contributed by atoms with Crippen LogP contribution in [0.4, 0.5) is 0 Å². The van der Waals surface area contributed by atoms with Crippen molar-refractivity contribution in [2.24, 2.45) is 12.0 Å². The van der Waals surface area contributed by atoms with Crippen LogP contribution in [-0.4, -0.2) is 53.4 Å². The molecule has 1 atom stereocenters. The van der Waals surface area contributed by atoms with E-state index in [-0.39, 0.29) is 6.04 Å². The van der Waals surface area contributed by atoms with E-state index in [4.69, 9.17) is 16.6 Å². The second-order valence-electron chi connectivity index (χ2n) is 6.68. The number of benzene rings is 1. The van der Waals surface area contributed by atoms with E-state index in [1.54, 1.807) is 0 Å². The Bertz CT molecular complexity index is 738. The molecule has 0 radical (unpaired) electrons. The summed E-state index contributed by atoms with van der Waals surface area (Å²) in [6.07, 6.45) is 4.85. The number of aromatic nitrogens is 2. The fourth-order valence-corrected chi connectivity index (χ4v) is 3.53. The molecule has 2 aromatic rings. The molecule has 0 aliphatic heterocycles. The predicted molar refractivity (Wildman–Crippen MR) is 118 cm³/mol. The van der Waals surface area contributed by atoms with Crippen molar-refractivity contribution in [2.75, 3.05) is 32.7 Å². The molecule has 0 spiro atoms. The van der Waals surface area contributed by atoms with Crippen LogP contribution in [0.15, 0.2) is 41.7 Å². The van der Waals surface area contributed by atoms with E-state index < -0.39 is 0 Å². The SMILES string of the molecule is CCNC(=NCC(c1ccccc1Cl)N(CC)CC)NCCc1cnn(C)c1. The highest BCUT2D eigenvalue weighted by atomic mass is 35.5. The summed E-state index contributed by atoms with van der Waals surface area (Å²) in [6.45, 7) is 10.6. The van der Waals surface area contributed by atoms with Gasteiger partial charge in [0.15, 0.2) is 5.96 Å². The molecule has 2 N–H and O–H groups in total. The molecule has 1 aromatic heterocycles. The summed E-state index contributed by atoms with van der Waals surface area (Å²) in [5.74, 6) is 0.829. The van der Waals surface area contributed by atoms with Crippen LogP contribution in [0.25, 0.3) is 0 Å². The van der Waals surface area contributed by atoms with Crippen molar-refractivity contribution in [3.8, 4) is 0 Å². The van der Waals surface area contributed by atoms with Crippen molar-refractivity contribution in [2.45, 2.75) is 33.2 Å².